The molecule has 0 aromatic heterocycles. The van der Waals surface area contributed by atoms with Gasteiger partial charge in [-0.15, -0.1) is 0 Å². The zero-order valence-corrected chi connectivity index (χ0v) is 13.6. The van der Waals surface area contributed by atoms with E-state index in [2.05, 4.69) is 43.4 Å². The molecule has 3 rings (SSSR count). The van der Waals surface area contributed by atoms with Crippen LogP contribution in [0.4, 0.5) is 0 Å². The third-order valence-corrected chi connectivity index (χ3v) is 5.64. The van der Waals surface area contributed by atoms with Crippen molar-refractivity contribution in [2.24, 2.45) is 17.8 Å². The predicted molar refractivity (Wildman–Crippen MR) is 87.6 cm³/mol. The molecule has 5 unspecified atom stereocenters. The van der Waals surface area contributed by atoms with Gasteiger partial charge in [-0.1, -0.05) is 18.6 Å². The first-order valence-corrected chi connectivity index (χ1v) is 8.66. The predicted octanol–water partition coefficient (Wildman–Crippen LogP) is 4.56. The largest absolute Gasteiger partial charge is 0.494 e. The normalized spacial score (nSPS) is 30.3. The van der Waals surface area contributed by atoms with Gasteiger partial charge in [0.2, 0.25) is 0 Å². The number of ether oxygens (including phenoxy) is 1. The van der Waals surface area contributed by atoms with Gasteiger partial charge >= 0.3 is 0 Å². The topological polar surface area (TPSA) is 21.3 Å². The van der Waals surface area contributed by atoms with Gasteiger partial charge in [-0.2, -0.15) is 0 Å². The Bertz CT molecular complexity index is 455. The molecule has 5 atom stereocenters. The molecule has 0 radical (unpaired) electrons. The quantitative estimate of drug-likeness (QED) is 0.828. The van der Waals surface area contributed by atoms with Gasteiger partial charge in [0.15, 0.2) is 0 Å². The standard InChI is InChI=1S/C19H29NO/c1-4-21-18-9-7-16(8-10-18)13(2)20-14(3)19-12-15-5-6-17(19)11-15/h7-10,13-15,17,19-20H,4-6,11-12H2,1-3H3. The minimum atomic E-state index is 0.412. The SMILES string of the molecule is CCOc1ccc(C(C)NC(C)C2CC3CCC2C3)cc1. The number of benzene rings is 1. The molecule has 2 aliphatic rings. The van der Waals surface area contributed by atoms with E-state index in [1.54, 1.807) is 0 Å². The second kappa shape index (κ2) is 6.39. The summed E-state index contributed by atoms with van der Waals surface area (Å²) in [5.74, 6) is 3.89. The average molecular weight is 287 g/mol. The van der Waals surface area contributed by atoms with E-state index in [0.29, 0.717) is 12.1 Å². The highest BCUT2D eigenvalue weighted by Crippen LogP contribution is 2.49. The summed E-state index contributed by atoms with van der Waals surface area (Å²) in [6, 6.07) is 9.58. The molecule has 0 amide bonds. The second-order valence-electron chi connectivity index (χ2n) is 7.02. The Labute approximate surface area is 129 Å². The summed E-state index contributed by atoms with van der Waals surface area (Å²) in [6.45, 7) is 7.42. The molecular weight excluding hydrogens is 258 g/mol. The second-order valence-corrected chi connectivity index (χ2v) is 7.02. The van der Waals surface area contributed by atoms with Crippen LogP contribution in [0.3, 0.4) is 0 Å². The fraction of sp³-hybridized carbons (Fsp3) is 0.684. The van der Waals surface area contributed by atoms with E-state index in [4.69, 9.17) is 4.74 Å². The molecule has 0 aliphatic heterocycles. The van der Waals surface area contributed by atoms with E-state index >= 15 is 0 Å². The molecular formula is C19H29NO. The highest BCUT2D eigenvalue weighted by atomic mass is 16.5. The van der Waals surface area contributed by atoms with Crippen LogP contribution >= 0.6 is 0 Å². The van der Waals surface area contributed by atoms with E-state index in [1.807, 2.05) is 6.92 Å². The fourth-order valence-electron chi connectivity index (χ4n) is 4.54. The Kier molecular flexibility index (Phi) is 4.54. The lowest BCUT2D eigenvalue weighted by Gasteiger charge is -2.31. The molecule has 0 saturated heterocycles. The van der Waals surface area contributed by atoms with Gasteiger partial charge in [0.25, 0.3) is 0 Å². The Balaban J connectivity index is 1.56. The number of hydrogen-bond acceptors (Lipinski definition) is 2. The molecule has 2 aliphatic carbocycles. The summed E-state index contributed by atoms with van der Waals surface area (Å²) in [6.07, 6.45) is 5.91. The van der Waals surface area contributed by atoms with Crippen molar-refractivity contribution >= 4 is 0 Å². The van der Waals surface area contributed by atoms with Crippen LogP contribution < -0.4 is 10.1 Å². The molecule has 1 aromatic carbocycles. The summed E-state index contributed by atoms with van der Waals surface area (Å²) in [4.78, 5) is 0. The molecule has 2 bridgehead atoms. The van der Waals surface area contributed by atoms with E-state index in [0.717, 1.165) is 30.1 Å². The molecule has 2 nitrogen and oxygen atoms in total. The van der Waals surface area contributed by atoms with E-state index < -0.39 is 0 Å². The first-order valence-electron chi connectivity index (χ1n) is 8.66. The molecule has 0 heterocycles. The van der Waals surface area contributed by atoms with Crippen LogP contribution in [0.25, 0.3) is 0 Å². The van der Waals surface area contributed by atoms with E-state index in [1.165, 1.54) is 31.2 Å². The van der Waals surface area contributed by atoms with Crippen molar-refractivity contribution in [1.29, 1.82) is 0 Å². The lowest BCUT2D eigenvalue weighted by atomic mass is 9.83. The zero-order chi connectivity index (χ0) is 14.8. The highest BCUT2D eigenvalue weighted by Gasteiger charge is 2.41. The maximum Gasteiger partial charge on any atom is 0.119 e. The van der Waals surface area contributed by atoms with Gasteiger partial charge in [-0.3, -0.25) is 0 Å². The lowest BCUT2D eigenvalue weighted by Crippen LogP contribution is -2.37. The van der Waals surface area contributed by atoms with Crippen molar-refractivity contribution < 1.29 is 4.74 Å². The Morgan fingerprint density at radius 2 is 1.90 bits per heavy atom. The lowest BCUT2D eigenvalue weighted by molar-refractivity contribution is 0.248. The third kappa shape index (κ3) is 3.26. The molecule has 2 fully saturated rings. The molecule has 1 N–H and O–H groups in total. The number of nitrogens with one attached hydrogen (secondary N) is 1. The average Bonchev–Trinajstić information content (AvgIpc) is 3.11. The molecule has 1 aromatic rings. The van der Waals surface area contributed by atoms with Gasteiger partial charge in [-0.05, 0) is 75.5 Å². The van der Waals surface area contributed by atoms with Crippen molar-refractivity contribution in [2.45, 2.75) is 58.5 Å². The van der Waals surface area contributed by atoms with Gasteiger partial charge in [-0.25, -0.2) is 0 Å². The molecule has 2 heteroatoms. The summed E-state index contributed by atoms with van der Waals surface area (Å²) in [7, 11) is 0. The van der Waals surface area contributed by atoms with Gasteiger partial charge in [0.05, 0.1) is 6.61 Å². The Hall–Kier alpha value is -1.02. The van der Waals surface area contributed by atoms with Crippen LogP contribution in [0.15, 0.2) is 24.3 Å². The van der Waals surface area contributed by atoms with Crippen LogP contribution in [0.2, 0.25) is 0 Å². The van der Waals surface area contributed by atoms with Crippen molar-refractivity contribution in [3.8, 4) is 5.75 Å². The first kappa shape index (κ1) is 14.9. The van der Waals surface area contributed by atoms with Crippen molar-refractivity contribution in [2.75, 3.05) is 6.61 Å². The van der Waals surface area contributed by atoms with Crippen LogP contribution in [0, 0.1) is 17.8 Å². The zero-order valence-electron chi connectivity index (χ0n) is 13.6. The van der Waals surface area contributed by atoms with E-state index in [9.17, 15) is 0 Å². The minimum absolute atomic E-state index is 0.412. The van der Waals surface area contributed by atoms with Crippen molar-refractivity contribution in [3.05, 3.63) is 29.8 Å². The molecule has 21 heavy (non-hydrogen) atoms. The van der Waals surface area contributed by atoms with Crippen LogP contribution in [0.5, 0.6) is 5.75 Å². The van der Waals surface area contributed by atoms with Gasteiger partial charge in [0, 0.05) is 12.1 Å². The molecule has 0 spiro atoms. The van der Waals surface area contributed by atoms with Crippen LogP contribution in [-0.4, -0.2) is 12.6 Å². The van der Waals surface area contributed by atoms with Gasteiger partial charge < -0.3 is 10.1 Å². The molecule has 2 saturated carbocycles. The first-order chi connectivity index (χ1) is 10.2. The maximum absolute atomic E-state index is 5.52. The molecule has 116 valence electrons. The number of rotatable bonds is 6. The number of fused-ring (bicyclic) bond motifs is 2. The van der Waals surface area contributed by atoms with Crippen molar-refractivity contribution in [3.63, 3.8) is 0 Å². The maximum atomic E-state index is 5.52. The summed E-state index contributed by atoms with van der Waals surface area (Å²) in [5.41, 5.74) is 1.36. The summed E-state index contributed by atoms with van der Waals surface area (Å²) < 4.78 is 5.52. The van der Waals surface area contributed by atoms with Crippen LogP contribution in [-0.2, 0) is 0 Å². The smallest absolute Gasteiger partial charge is 0.119 e. The summed E-state index contributed by atoms with van der Waals surface area (Å²) in [5, 5.41) is 3.83. The van der Waals surface area contributed by atoms with Gasteiger partial charge in [0.1, 0.15) is 5.75 Å². The number of hydrogen-bond donors (Lipinski definition) is 1. The fourth-order valence-corrected chi connectivity index (χ4v) is 4.54. The third-order valence-electron chi connectivity index (χ3n) is 5.64. The Morgan fingerprint density at radius 3 is 2.48 bits per heavy atom. The van der Waals surface area contributed by atoms with E-state index in [-0.39, 0.29) is 0 Å². The monoisotopic (exact) mass is 287 g/mol. The summed E-state index contributed by atoms with van der Waals surface area (Å²) >= 11 is 0. The van der Waals surface area contributed by atoms with Crippen LogP contribution in [0.1, 0.15) is 58.1 Å². The Morgan fingerprint density at radius 1 is 1.14 bits per heavy atom. The minimum Gasteiger partial charge on any atom is -0.494 e. The van der Waals surface area contributed by atoms with Crippen molar-refractivity contribution in [1.82, 2.24) is 5.32 Å². The highest BCUT2D eigenvalue weighted by molar-refractivity contribution is 5.29.